The summed E-state index contributed by atoms with van der Waals surface area (Å²) in [6.07, 6.45) is 0. The molecule has 1 aromatic heterocycles. The molecule has 6 nitrogen and oxygen atoms in total. The number of carbonyl (C=O) groups excluding carboxylic acids is 1. The number of thiazole rings is 1. The fourth-order valence-electron chi connectivity index (χ4n) is 3.65. The number of benzene rings is 2. The van der Waals surface area contributed by atoms with Crippen molar-refractivity contribution in [3.63, 3.8) is 0 Å². The largest absolute Gasteiger partial charge is 0.478 e. The molecular formula is C24H28ClN3O3S. The van der Waals surface area contributed by atoms with E-state index in [1.54, 1.807) is 43.0 Å². The molecule has 8 heteroatoms. The Kier molecular flexibility index (Phi) is 7.00. The standard InChI is InChI=1S/C24H28ClN3O3S/c1-17-4-9-20-21(16-17)32-23(26-20)28(11-10-27-12-14-30-15-13-27)22(29)24(2,3)31-19-7-5-18(25)6-8-19/h4-9,16H,10-15H2,1-3H3. The number of ether oxygens (including phenoxy) is 2. The molecule has 0 atom stereocenters. The summed E-state index contributed by atoms with van der Waals surface area (Å²) in [5.74, 6) is 0.470. The van der Waals surface area contributed by atoms with Crippen molar-refractivity contribution < 1.29 is 14.3 Å². The van der Waals surface area contributed by atoms with Gasteiger partial charge in [0, 0.05) is 31.2 Å². The lowest BCUT2D eigenvalue weighted by Crippen LogP contribution is -2.51. The minimum Gasteiger partial charge on any atom is -0.478 e. The van der Waals surface area contributed by atoms with Crippen molar-refractivity contribution in [1.29, 1.82) is 0 Å². The van der Waals surface area contributed by atoms with E-state index in [4.69, 9.17) is 26.1 Å². The number of aromatic nitrogens is 1. The third-order valence-electron chi connectivity index (χ3n) is 5.45. The Bertz CT molecular complexity index is 1080. The first-order valence-corrected chi connectivity index (χ1v) is 12.0. The number of fused-ring (bicyclic) bond motifs is 1. The van der Waals surface area contributed by atoms with Crippen LogP contribution in [0.5, 0.6) is 5.75 Å². The summed E-state index contributed by atoms with van der Waals surface area (Å²) in [6.45, 7) is 10.1. The van der Waals surface area contributed by atoms with Crippen molar-refractivity contribution in [2.45, 2.75) is 26.4 Å². The van der Waals surface area contributed by atoms with Crippen LogP contribution in [0, 0.1) is 6.92 Å². The Hall–Kier alpha value is -2.19. The highest BCUT2D eigenvalue weighted by Crippen LogP contribution is 2.32. The number of nitrogens with zero attached hydrogens (tertiary/aromatic N) is 3. The van der Waals surface area contributed by atoms with E-state index in [0.29, 0.717) is 22.4 Å². The molecule has 1 aliphatic rings. The Morgan fingerprint density at radius 3 is 2.66 bits per heavy atom. The van der Waals surface area contributed by atoms with Gasteiger partial charge in [-0.25, -0.2) is 4.98 Å². The van der Waals surface area contributed by atoms with Crippen molar-refractivity contribution in [3.8, 4) is 5.75 Å². The number of aryl methyl sites for hydroxylation is 1. The van der Waals surface area contributed by atoms with Crippen molar-refractivity contribution in [3.05, 3.63) is 53.1 Å². The second-order valence-corrected chi connectivity index (χ2v) is 9.89. The molecule has 0 bridgehead atoms. The van der Waals surface area contributed by atoms with Gasteiger partial charge in [0.05, 0.1) is 23.4 Å². The van der Waals surface area contributed by atoms with Gasteiger partial charge in [-0.3, -0.25) is 14.6 Å². The Morgan fingerprint density at radius 2 is 1.94 bits per heavy atom. The summed E-state index contributed by atoms with van der Waals surface area (Å²) in [7, 11) is 0. The van der Waals surface area contributed by atoms with Gasteiger partial charge in [-0.15, -0.1) is 0 Å². The molecule has 0 aliphatic carbocycles. The average Bonchev–Trinajstić information content (AvgIpc) is 3.19. The fourth-order valence-corrected chi connectivity index (χ4v) is 4.87. The number of carbonyl (C=O) groups is 1. The molecule has 170 valence electrons. The topological polar surface area (TPSA) is 54.9 Å². The maximum atomic E-state index is 13.8. The van der Waals surface area contributed by atoms with Crippen molar-refractivity contribution >= 4 is 44.2 Å². The highest BCUT2D eigenvalue weighted by molar-refractivity contribution is 7.22. The summed E-state index contributed by atoms with van der Waals surface area (Å²) in [5.41, 5.74) is 0.994. The summed E-state index contributed by atoms with van der Waals surface area (Å²) >= 11 is 7.53. The first-order valence-electron chi connectivity index (χ1n) is 10.8. The summed E-state index contributed by atoms with van der Waals surface area (Å²) in [4.78, 5) is 22.6. The van der Waals surface area contributed by atoms with Crippen LogP contribution in [0.25, 0.3) is 10.2 Å². The van der Waals surface area contributed by atoms with Crippen LogP contribution in [0.3, 0.4) is 0 Å². The molecule has 0 unspecified atom stereocenters. The van der Waals surface area contributed by atoms with E-state index in [1.165, 1.54) is 16.9 Å². The molecule has 1 fully saturated rings. The van der Waals surface area contributed by atoms with Gasteiger partial charge >= 0.3 is 0 Å². The van der Waals surface area contributed by atoms with Gasteiger partial charge in [0.15, 0.2) is 10.7 Å². The minimum absolute atomic E-state index is 0.128. The first-order chi connectivity index (χ1) is 15.3. The first kappa shape index (κ1) is 23.0. The molecular weight excluding hydrogens is 446 g/mol. The highest BCUT2D eigenvalue weighted by Gasteiger charge is 2.36. The third-order valence-corrected chi connectivity index (χ3v) is 6.75. The van der Waals surface area contributed by atoms with Gasteiger partial charge in [-0.05, 0) is 62.7 Å². The number of hydrogen-bond acceptors (Lipinski definition) is 6. The third kappa shape index (κ3) is 5.41. The molecule has 4 rings (SSSR count). The molecule has 2 heterocycles. The van der Waals surface area contributed by atoms with Gasteiger partial charge in [-0.2, -0.15) is 0 Å². The van der Waals surface area contributed by atoms with Crippen molar-refractivity contribution in [1.82, 2.24) is 9.88 Å². The van der Waals surface area contributed by atoms with Gasteiger partial charge in [-0.1, -0.05) is 29.0 Å². The Labute approximate surface area is 197 Å². The number of hydrogen-bond donors (Lipinski definition) is 0. The fraction of sp³-hybridized carbons (Fsp3) is 0.417. The second-order valence-electron chi connectivity index (χ2n) is 8.44. The maximum Gasteiger partial charge on any atom is 0.272 e. The van der Waals surface area contributed by atoms with E-state index >= 15 is 0 Å². The molecule has 1 amide bonds. The van der Waals surface area contributed by atoms with Crippen LogP contribution < -0.4 is 9.64 Å². The van der Waals surface area contributed by atoms with Gasteiger partial charge in [0.1, 0.15) is 5.75 Å². The molecule has 0 spiro atoms. The van der Waals surface area contributed by atoms with Crippen LogP contribution in [0.2, 0.25) is 5.02 Å². The van der Waals surface area contributed by atoms with Crippen LogP contribution in [0.15, 0.2) is 42.5 Å². The number of anilines is 1. The van der Waals surface area contributed by atoms with E-state index in [0.717, 1.165) is 43.1 Å². The number of rotatable bonds is 7. The lowest BCUT2D eigenvalue weighted by atomic mass is 10.1. The molecule has 1 saturated heterocycles. The van der Waals surface area contributed by atoms with Gasteiger partial charge in [0.2, 0.25) is 0 Å². The summed E-state index contributed by atoms with van der Waals surface area (Å²) in [5, 5.41) is 1.31. The van der Waals surface area contributed by atoms with Gasteiger partial charge in [0.25, 0.3) is 5.91 Å². The molecule has 3 aromatic rings. The van der Waals surface area contributed by atoms with Crippen molar-refractivity contribution in [2.75, 3.05) is 44.3 Å². The van der Waals surface area contributed by atoms with E-state index in [1.807, 2.05) is 12.1 Å². The molecule has 0 saturated carbocycles. The molecule has 0 radical (unpaired) electrons. The predicted octanol–water partition coefficient (Wildman–Crippen LogP) is 4.78. The zero-order valence-electron chi connectivity index (χ0n) is 18.6. The van der Waals surface area contributed by atoms with Crippen LogP contribution >= 0.6 is 22.9 Å². The van der Waals surface area contributed by atoms with E-state index in [-0.39, 0.29) is 5.91 Å². The van der Waals surface area contributed by atoms with Gasteiger partial charge < -0.3 is 9.47 Å². The monoisotopic (exact) mass is 473 g/mol. The Morgan fingerprint density at radius 1 is 1.22 bits per heavy atom. The van der Waals surface area contributed by atoms with Crippen LogP contribution in [0.4, 0.5) is 5.13 Å². The molecule has 32 heavy (non-hydrogen) atoms. The van der Waals surface area contributed by atoms with E-state index in [2.05, 4.69) is 17.9 Å². The lowest BCUT2D eigenvalue weighted by Gasteiger charge is -2.33. The van der Waals surface area contributed by atoms with Crippen LogP contribution in [-0.2, 0) is 9.53 Å². The zero-order valence-corrected chi connectivity index (χ0v) is 20.2. The lowest BCUT2D eigenvalue weighted by molar-refractivity contribution is -0.131. The van der Waals surface area contributed by atoms with E-state index < -0.39 is 5.60 Å². The normalized spacial score (nSPS) is 15.1. The number of amides is 1. The predicted molar refractivity (Wildman–Crippen MR) is 130 cm³/mol. The SMILES string of the molecule is Cc1ccc2nc(N(CCN3CCOCC3)C(=O)C(C)(C)Oc3ccc(Cl)cc3)sc2c1. The minimum atomic E-state index is -1.08. The van der Waals surface area contributed by atoms with Crippen LogP contribution in [-0.4, -0.2) is 60.8 Å². The summed E-state index contributed by atoms with van der Waals surface area (Å²) < 4.78 is 12.6. The number of halogens is 1. The van der Waals surface area contributed by atoms with E-state index in [9.17, 15) is 4.79 Å². The highest BCUT2D eigenvalue weighted by atomic mass is 35.5. The quantitative estimate of drug-likeness (QED) is 0.494. The summed E-state index contributed by atoms with van der Waals surface area (Å²) in [6, 6.07) is 13.2. The van der Waals surface area contributed by atoms with Crippen molar-refractivity contribution in [2.24, 2.45) is 0 Å². The molecule has 1 aliphatic heterocycles. The smallest absolute Gasteiger partial charge is 0.272 e. The Balaban J connectivity index is 1.60. The number of morpholine rings is 1. The average molecular weight is 474 g/mol. The molecule has 0 N–H and O–H groups in total. The maximum absolute atomic E-state index is 13.8. The second kappa shape index (κ2) is 9.75. The molecule has 2 aromatic carbocycles. The zero-order chi connectivity index (χ0) is 22.7. The van der Waals surface area contributed by atoms with Crippen LogP contribution in [0.1, 0.15) is 19.4 Å².